The quantitative estimate of drug-likeness (QED) is 0.525. The maximum absolute atomic E-state index is 11.9. The van der Waals surface area contributed by atoms with Crippen LogP contribution in [0.2, 0.25) is 0 Å². The third-order valence-electron chi connectivity index (χ3n) is 3.36. The number of hydrogen-bond acceptors (Lipinski definition) is 7. The number of benzene rings is 1. The molecule has 8 nitrogen and oxygen atoms in total. The van der Waals surface area contributed by atoms with Gasteiger partial charge in [0, 0.05) is 18.7 Å². The van der Waals surface area contributed by atoms with Gasteiger partial charge in [0.15, 0.2) is 5.95 Å². The smallest absolute Gasteiger partial charge is 0.306 e. The van der Waals surface area contributed by atoms with Crippen molar-refractivity contribution in [2.75, 3.05) is 27.8 Å². The van der Waals surface area contributed by atoms with Gasteiger partial charge in [-0.1, -0.05) is 0 Å². The largest absolute Gasteiger partial charge is 0.539 e. The van der Waals surface area contributed by atoms with E-state index in [4.69, 9.17) is 9.26 Å². The van der Waals surface area contributed by atoms with E-state index in [0.717, 1.165) is 0 Å². The van der Waals surface area contributed by atoms with Gasteiger partial charge in [0.1, 0.15) is 5.75 Å². The van der Waals surface area contributed by atoms with Crippen molar-refractivity contribution >= 4 is 5.97 Å². The zero-order valence-electron chi connectivity index (χ0n) is 13.3. The SMILES string of the molecule is COC(=O)CCN(C)Cc1c([O-])on[n+]1-c1ccc(OC)cc1. The van der Waals surface area contributed by atoms with E-state index in [2.05, 4.69) is 10.0 Å². The minimum atomic E-state index is -0.509. The highest BCUT2D eigenvalue weighted by Crippen LogP contribution is 2.15. The van der Waals surface area contributed by atoms with Gasteiger partial charge >= 0.3 is 5.97 Å². The number of methoxy groups -OCH3 is 2. The summed E-state index contributed by atoms with van der Waals surface area (Å²) < 4.78 is 15.9. The van der Waals surface area contributed by atoms with Crippen molar-refractivity contribution < 1.29 is 28.6 Å². The summed E-state index contributed by atoms with van der Waals surface area (Å²) in [6.45, 7) is 0.755. The van der Waals surface area contributed by atoms with Crippen LogP contribution in [0, 0.1) is 0 Å². The lowest BCUT2D eigenvalue weighted by Crippen LogP contribution is -2.39. The lowest BCUT2D eigenvalue weighted by atomic mass is 10.3. The van der Waals surface area contributed by atoms with Gasteiger partial charge < -0.3 is 19.1 Å². The van der Waals surface area contributed by atoms with Crippen molar-refractivity contribution in [1.82, 2.24) is 10.2 Å². The maximum atomic E-state index is 11.9. The highest BCUT2D eigenvalue weighted by molar-refractivity contribution is 5.69. The van der Waals surface area contributed by atoms with E-state index in [1.165, 1.54) is 11.8 Å². The normalized spacial score (nSPS) is 10.8. The first-order valence-electron chi connectivity index (χ1n) is 7.03. The van der Waals surface area contributed by atoms with Crippen molar-refractivity contribution in [1.29, 1.82) is 0 Å². The third-order valence-corrected chi connectivity index (χ3v) is 3.36. The molecule has 0 spiro atoms. The van der Waals surface area contributed by atoms with Gasteiger partial charge in [0.25, 0.3) is 5.69 Å². The molecule has 0 saturated carbocycles. The monoisotopic (exact) mass is 321 g/mol. The number of rotatable bonds is 7. The van der Waals surface area contributed by atoms with E-state index < -0.39 is 5.95 Å². The van der Waals surface area contributed by atoms with Gasteiger partial charge in [-0.15, -0.1) is 0 Å². The molecule has 0 aliphatic rings. The molecule has 0 N–H and O–H groups in total. The Hall–Kier alpha value is -2.61. The van der Waals surface area contributed by atoms with Crippen LogP contribution in [0.3, 0.4) is 0 Å². The summed E-state index contributed by atoms with van der Waals surface area (Å²) in [4.78, 5) is 13.0. The summed E-state index contributed by atoms with van der Waals surface area (Å²) in [7, 11) is 4.72. The minimum Gasteiger partial charge on any atom is -0.539 e. The van der Waals surface area contributed by atoms with E-state index in [-0.39, 0.29) is 12.4 Å². The summed E-state index contributed by atoms with van der Waals surface area (Å²) in [5.41, 5.74) is 1.07. The number of ether oxygens (including phenoxy) is 2. The van der Waals surface area contributed by atoms with E-state index in [1.807, 2.05) is 4.90 Å². The van der Waals surface area contributed by atoms with Crippen LogP contribution in [0.25, 0.3) is 5.69 Å². The second-order valence-corrected chi connectivity index (χ2v) is 4.98. The molecular weight excluding hydrogens is 302 g/mol. The van der Waals surface area contributed by atoms with Crippen LogP contribution < -0.4 is 14.5 Å². The molecule has 2 aromatic rings. The number of carbonyl (C=O) groups excluding carboxylic acids is 1. The zero-order chi connectivity index (χ0) is 16.8. The lowest BCUT2D eigenvalue weighted by molar-refractivity contribution is -0.678. The molecule has 2 rings (SSSR count). The van der Waals surface area contributed by atoms with Gasteiger partial charge in [-0.3, -0.25) is 9.69 Å². The summed E-state index contributed by atoms with van der Waals surface area (Å²) in [6, 6.07) is 7.09. The first kappa shape index (κ1) is 16.8. The average Bonchev–Trinajstić information content (AvgIpc) is 2.93. The molecule has 0 radical (unpaired) electrons. The van der Waals surface area contributed by atoms with Crippen LogP contribution in [0.5, 0.6) is 11.7 Å². The van der Waals surface area contributed by atoms with Crippen LogP contribution in [-0.4, -0.2) is 44.0 Å². The predicted octanol–water partition coefficient (Wildman–Crippen LogP) is 0.0284. The molecule has 0 unspecified atom stereocenters. The van der Waals surface area contributed by atoms with E-state index in [9.17, 15) is 9.90 Å². The molecule has 0 aliphatic carbocycles. The summed E-state index contributed by atoms with van der Waals surface area (Å²) in [5, 5.41) is 15.6. The van der Waals surface area contributed by atoms with E-state index >= 15 is 0 Å². The van der Waals surface area contributed by atoms with Gasteiger partial charge in [0.05, 0.1) is 32.5 Å². The molecule has 1 heterocycles. The molecule has 23 heavy (non-hydrogen) atoms. The molecule has 1 aromatic heterocycles. The Morgan fingerprint density at radius 1 is 1.35 bits per heavy atom. The fourth-order valence-corrected chi connectivity index (χ4v) is 2.04. The Kier molecular flexibility index (Phi) is 5.53. The second kappa shape index (κ2) is 7.59. The predicted molar refractivity (Wildman–Crippen MR) is 77.0 cm³/mol. The van der Waals surface area contributed by atoms with Gasteiger partial charge in [-0.25, -0.2) is 0 Å². The summed E-state index contributed by atoms with van der Waals surface area (Å²) in [6.07, 6.45) is 0.245. The van der Waals surface area contributed by atoms with Crippen molar-refractivity contribution in [3.63, 3.8) is 0 Å². The molecule has 0 aliphatic heterocycles. The summed E-state index contributed by atoms with van der Waals surface area (Å²) >= 11 is 0. The molecule has 8 heteroatoms. The highest BCUT2D eigenvalue weighted by Gasteiger charge is 2.22. The van der Waals surface area contributed by atoms with Crippen LogP contribution in [-0.2, 0) is 16.1 Å². The molecule has 1 aromatic carbocycles. The Balaban J connectivity index is 2.13. The average molecular weight is 321 g/mol. The maximum Gasteiger partial charge on any atom is 0.306 e. The Bertz CT molecular complexity index is 654. The van der Waals surface area contributed by atoms with Gasteiger partial charge in [-0.05, 0) is 23.9 Å². The Labute approximate surface area is 133 Å². The van der Waals surface area contributed by atoms with Crippen molar-refractivity contribution in [2.24, 2.45) is 0 Å². The fraction of sp³-hybridized carbons (Fsp3) is 0.400. The standard InChI is InChI=1S/C15H19N3O5/c1-17(9-8-14(19)22-3)10-13-15(20)23-16-18(13)11-4-6-12(21-2)7-5-11/h4-7H,8-10H2,1-3H3. The fourth-order valence-electron chi connectivity index (χ4n) is 2.04. The first-order valence-corrected chi connectivity index (χ1v) is 7.03. The van der Waals surface area contributed by atoms with Crippen molar-refractivity contribution in [3.05, 3.63) is 30.0 Å². The van der Waals surface area contributed by atoms with Crippen molar-refractivity contribution in [3.8, 4) is 17.4 Å². The number of carbonyl (C=O) groups is 1. The molecule has 0 amide bonds. The third kappa shape index (κ3) is 4.19. The van der Waals surface area contributed by atoms with Crippen LogP contribution in [0.1, 0.15) is 12.1 Å². The molecule has 0 bridgehead atoms. The molecule has 0 atom stereocenters. The highest BCUT2D eigenvalue weighted by atomic mass is 16.6. The Morgan fingerprint density at radius 3 is 2.65 bits per heavy atom. The molecular formula is C15H19N3O5. The number of nitrogens with zero attached hydrogens (tertiary/aromatic N) is 3. The van der Waals surface area contributed by atoms with Crippen molar-refractivity contribution in [2.45, 2.75) is 13.0 Å². The topological polar surface area (TPSA) is 91.7 Å². The number of hydrogen-bond donors (Lipinski definition) is 0. The molecule has 124 valence electrons. The minimum absolute atomic E-state index is 0.245. The second-order valence-electron chi connectivity index (χ2n) is 4.98. The number of aromatic nitrogens is 2. The van der Waals surface area contributed by atoms with Crippen LogP contribution >= 0.6 is 0 Å². The first-order chi connectivity index (χ1) is 11.0. The van der Waals surface area contributed by atoms with Gasteiger partial charge in [-0.2, -0.15) is 0 Å². The van der Waals surface area contributed by atoms with E-state index in [0.29, 0.717) is 30.2 Å². The zero-order valence-corrected chi connectivity index (χ0v) is 13.3. The van der Waals surface area contributed by atoms with Crippen LogP contribution in [0.4, 0.5) is 0 Å². The molecule has 0 fully saturated rings. The Morgan fingerprint density at radius 2 is 2.04 bits per heavy atom. The number of esters is 1. The van der Waals surface area contributed by atoms with Crippen LogP contribution in [0.15, 0.2) is 28.8 Å². The van der Waals surface area contributed by atoms with Gasteiger partial charge in [0.2, 0.25) is 5.69 Å². The molecule has 0 saturated heterocycles. The lowest BCUT2D eigenvalue weighted by Gasteiger charge is -2.13. The van der Waals surface area contributed by atoms with E-state index in [1.54, 1.807) is 38.4 Å². The summed E-state index contributed by atoms with van der Waals surface area (Å²) in [5.74, 6) is -0.102.